The molecule has 15 heavy (non-hydrogen) atoms. The fourth-order valence-electron chi connectivity index (χ4n) is 1.58. The molecular formula is C11H10NNaO2. The quantitative estimate of drug-likeness (QED) is 0.586. The molecule has 0 fully saturated rings. The van der Waals surface area contributed by atoms with Gasteiger partial charge in [0.05, 0.1) is 0 Å². The van der Waals surface area contributed by atoms with Crippen LogP contribution in [-0.2, 0) is 4.79 Å². The molecule has 0 spiro atoms. The number of carboxylic acids is 1. The van der Waals surface area contributed by atoms with Gasteiger partial charge in [-0.25, -0.2) is 0 Å². The molecular weight excluding hydrogens is 201 g/mol. The molecule has 0 saturated carbocycles. The van der Waals surface area contributed by atoms with Gasteiger partial charge in [0.2, 0.25) is 0 Å². The maximum Gasteiger partial charge on any atom is 1.00 e. The number of rotatable bonds is 2. The summed E-state index contributed by atoms with van der Waals surface area (Å²) in [6.45, 7) is 1.63. The first-order valence-electron chi connectivity index (χ1n) is 4.47. The zero-order valence-corrected chi connectivity index (χ0v) is 10.8. The Morgan fingerprint density at radius 3 is 2.73 bits per heavy atom. The van der Waals surface area contributed by atoms with Gasteiger partial charge < -0.3 is 14.9 Å². The van der Waals surface area contributed by atoms with E-state index in [2.05, 4.69) is 4.98 Å². The van der Waals surface area contributed by atoms with Crippen LogP contribution in [0.3, 0.4) is 0 Å². The Bertz CT molecular complexity index is 478. The average molecular weight is 211 g/mol. The van der Waals surface area contributed by atoms with E-state index in [-0.39, 0.29) is 29.6 Å². The van der Waals surface area contributed by atoms with Crippen molar-refractivity contribution >= 4 is 16.9 Å². The van der Waals surface area contributed by atoms with Gasteiger partial charge in [-0.2, -0.15) is 0 Å². The SMILES string of the molecule is C[C@H](C(=O)[O-])c1c[nH]c2ccccc12.[Na+]. The number of aromatic amines is 1. The van der Waals surface area contributed by atoms with Crippen molar-refractivity contribution in [1.29, 1.82) is 0 Å². The number of para-hydroxylation sites is 1. The molecule has 1 aromatic heterocycles. The summed E-state index contributed by atoms with van der Waals surface area (Å²) in [5, 5.41) is 11.7. The van der Waals surface area contributed by atoms with Crippen molar-refractivity contribution in [2.75, 3.05) is 0 Å². The first-order valence-corrected chi connectivity index (χ1v) is 4.47. The zero-order chi connectivity index (χ0) is 10.1. The van der Waals surface area contributed by atoms with E-state index in [9.17, 15) is 9.90 Å². The van der Waals surface area contributed by atoms with E-state index in [1.165, 1.54) is 0 Å². The van der Waals surface area contributed by atoms with Gasteiger partial charge >= 0.3 is 29.6 Å². The molecule has 1 atom stereocenters. The minimum atomic E-state index is -1.05. The molecule has 1 aromatic carbocycles. The molecule has 0 bridgehead atoms. The van der Waals surface area contributed by atoms with E-state index < -0.39 is 11.9 Å². The Hall–Kier alpha value is -0.770. The number of hydrogen-bond acceptors (Lipinski definition) is 2. The monoisotopic (exact) mass is 211 g/mol. The van der Waals surface area contributed by atoms with Crippen LogP contribution in [0.15, 0.2) is 30.5 Å². The minimum Gasteiger partial charge on any atom is -0.550 e. The topological polar surface area (TPSA) is 55.9 Å². The van der Waals surface area contributed by atoms with Crippen LogP contribution >= 0.6 is 0 Å². The summed E-state index contributed by atoms with van der Waals surface area (Å²) < 4.78 is 0. The summed E-state index contributed by atoms with van der Waals surface area (Å²) in [6, 6.07) is 7.62. The van der Waals surface area contributed by atoms with Gasteiger partial charge in [0, 0.05) is 29.0 Å². The van der Waals surface area contributed by atoms with Gasteiger partial charge in [-0.15, -0.1) is 0 Å². The van der Waals surface area contributed by atoms with Crippen molar-refractivity contribution < 1.29 is 39.5 Å². The predicted octanol–water partition coefficient (Wildman–Crippen LogP) is -1.97. The van der Waals surface area contributed by atoms with Crippen LogP contribution in [0.25, 0.3) is 10.9 Å². The maximum absolute atomic E-state index is 10.7. The molecule has 0 aliphatic rings. The number of hydrogen-bond donors (Lipinski definition) is 1. The average Bonchev–Trinajstić information content (AvgIpc) is 2.60. The molecule has 72 valence electrons. The van der Waals surface area contributed by atoms with Crippen molar-refractivity contribution in [2.45, 2.75) is 12.8 Å². The van der Waals surface area contributed by atoms with E-state index in [1.54, 1.807) is 13.1 Å². The molecule has 0 amide bonds. The first-order chi connectivity index (χ1) is 6.70. The van der Waals surface area contributed by atoms with Crippen LogP contribution < -0.4 is 34.7 Å². The number of fused-ring (bicyclic) bond motifs is 1. The fourth-order valence-corrected chi connectivity index (χ4v) is 1.58. The Labute approximate surface area is 110 Å². The van der Waals surface area contributed by atoms with Crippen LogP contribution in [0, 0.1) is 0 Å². The Morgan fingerprint density at radius 1 is 1.40 bits per heavy atom. The van der Waals surface area contributed by atoms with Crippen molar-refractivity contribution in [3.63, 3.8) is 0 Å². The molecule has 0 aliphatic heterocycles. The molecule has 1 N–H and O–H groups in total. The fraction of sp³-hybridized carbons (Fsp3) is 0.182. The van der Waals surface area contributed by atoms with E-state index >= 15 is 0 Å². The molecule has 0 unspecified atom stereocenters. The third-order valence-corrected chi connectivity index (χ3v) is 2.44. The Kier molecular flexibility index (Phi) is 3.97. The van der Waals surface area contributed by atoms with Crippen LogP contribution in [0.5, 0.6) is 0 Å². The Morgan fingerprint density at radius 2 is 2.07 bits per heavy atom. The van der Waals surface area contributed by atoms with Gasteiger partial charge in [0.25, 0.3) is 0 Å². The van der Waals surface area contributed by atoms with Crippen LogP contribution in [0.2, 0.25) is 0 Å². The molecule has 4 heteroatoms. The second-order valence-electron chi connectivity index (χ2n) is 3.33. The van der Waals surface area contributed by atoms with Gasteiger partial charge in [-0.1, -0.05) is 25.1 Å². The molecule has 2 rings (SSSR count). The maximum atomic E-state index is 10.7. The van der Waals surface area contributed by atoms with Crippen LogP contribution in [-0.4, -0.2) is 11.0 Å². The van der Waals surface area contributed by atoms with E-state index in [1.807, 2.05) is 24.3 Å². The van der Waals surface area contributed by atoms with Crippen LogP contribution in [0.4, 0.5) is 0 Å². The number of aliphatic carboxylic acids is 1. The van der Waals surface area contributed by atoms with Crippen molar-refractivity contribution in [2.24, 2.45) is 0 Å². The number of H-pyrrole nitrogens is 1. The summed E-state index contributed by atoms with van der Waals surface area (Å²) in [7, 11) is 0. The number of benzene rings is 1. The second-order valence-corrected chi connectivity index (χ2v) is 3.33. The summed E-state index contributed by atoms with van der Waals surface area (Å²) in [5.74, 6) is -1.62. The first kappa shape index (κ1) is 12.3. The predicted molar refractivity (Wildman–Crippen MR) is 51.7 cm³/mol. The van der Waals surface area contributed by atoms with E-state index in [0.717, 1.165) is 16.5 Å². The summed E-state index contributed by atoms with van der Waals surface area (Å²) in [5.41, 5.74) is 1.73. The molecule has 0 saturated heterocycles. The zero-order valence-electron chi connectivity index (χ0n) is 8.78. The van der Waals surface area contributed by atoms with Crippen LogP contribution in [0.1, 0.15) is 18.4 Å². The summed E-state index contributed by atoms with van der Waals surface area (Å²) in [4.78, 5) is 13.7. The molecule has 3 nitrogen and oxygen atoms in total. The van der Waals surface area contributed by atoms with Crippen molar-refractivity contribution in [3.05, 3.63) is 36.0 Å². The number of nitrogens with one attached hydrogen (secondary N) is 1. The number of carbonyl (C=O) groups is 1. The summed E-state index contributed by atoms with van der Waals surface area (Å²) >= 11 is 0. The Balaban J connectivity index is 0.00000112. The van der Waals surface area contributed by atoms with Gasteiger partial charge in [0.1, 0.15) is 0 Å². The number of aromatic nitrogens is 1. The van der Waals surface area contributed by atoms with E-state index in [0.29, 0.717) is 0 Å². The smallest absolute Gasteiger partial charge is 0.550 e. The van der Waals surface area contributed by atoms with Gasteiger partial charge in [-0.05, 0) is 11.6 Å². The third-order valence-electron chi connectivity index (χ3n) is 2.44. The summed E-state index contributed by atoms with van der Waals surface area (Å²) in [6.07, 6.45) is 1.73. The number of carbonyl (C=O) groups excluding carboxylic acids is 1. The third kappa shape index (κ3) is 2.25. The van der Waals surface area contributed by atoms with Gasteiger partial charge in [-0.3, -0.25) is 0 Å². The number of carboxylic acid groups (broad SMARTS) is 1. The van der Waals surface area contributed by atoms with Crippen molar-refractivity contribution in [1.82, 2.24) is 4.98 Å². The molecule has 1 heterocycles. The molecule has 2 aromatic rings. The molecule has 0 aliphatic carbocycles. The van der Waals surface area contributed by atoms with E-state index in [4.69, 9.17) is 0 Å². The molecule has 0 radical (unpaired) electrons. The normalized spacial score (nSPS) is 12.1. The second kappa shape index (κ2) is 4.84. The van der Waals surface area contributed by atoms with Crippen molar-refractivity contribution in [3.8, 4) is 0 Å². The van der Waals surface area contributed by atoms with Gasteiger partial charge in [0.15, 0.2) is 0 Å². The standard InChI is InChI=1S/C11H11NO2.Na/c1-7(11(13)14)9-6-12-10-5-3-2-4-8(9)10;/h2-7,12H,1H3,(H,13,14);/q;+1/p-1/t7-;/m0./s1. The minimum absolute atomic E-state index is 0. The largest absolute Gasteiger partial charge is 1.00 e.